The van der Waals surface area contributed by atoms with Crippen molar-refractivity contribution in [3.05, 3.63) is 35.6 Å². The van der Waals surface area contributed by atoms with E-state index in [0.717, 1.165) is 5.56 Å². The van der Waals surface area contributed by atoms with Crippen molar-refractivity contribution in [2.45, 2.75) is 38.6 Å². The smallest absolute Gasteiger partial charge is 0.234 e. The lowest BCUT2D eigenvalue weighted by Gasteiger charge is -2.25. The second-order valence-electron chi connectivity index (χ2n) is 5.43. The summed E-state index contributed by atoms with van der Waals surface area (Å²) in [6.45, 7) is 8.04. The Morgan fingerprint density at radius 3 is 2.05 bits per heavy atom. The van der Waals surface area contributed by atoms with Gasteiger partial charge in [-0.25, -0.2) is 4.39 Å². The van der Waals surface area contributed by atoms with Crippen LogP contribution in [-0.4, -0.2) is 10.7 Å². The molecule has 2 unspecified atom stereocenters. The molecule has 1 amide bonds. The highest BCUT2D eigenvalue weighted by Crippen LogP contribution is 2.23. The molecule has 1 N–H and O–H groups in total. The lowest BCUT2D eigenvalue weighted by Crippen LogP contribution is -2.38. The van der Waals surface area contributed by atoms with Crippen LogP contribution in [0.2, 0.25) is 0 Å². The van der Waals surface area contributed by atoms with E-state index in [1.807, 2.05) is 27.7 Å². The molecule has 4 heteroatoms. The number of hydrogen-bond donors (Lipinski definition) is 1. The van der Waals surface area contributed by atoms with Crippen LogP contribution in [0.1, 0.15) is 39.3 Å². The zero-order valence-electron chi connectivity index (χ0n) is 11.8. The molecular weight excluding hydrogens is 309 g/mol. The van der Waals surface area contributed by atoms with Crippen LogP contribution in [-0.2, 0) is 4.79 Å². The number of hydrogen-bond acceptors (Lipinski definition) is 1. The molecule has 1 aromatic rings. The molecule has 0 aliphatic heterocycles. The molecule has 2 nitrogen and oxygen atoms in total. The van der Waals surface area contributed by atoms with Crippen molar-refractivity contribution in [1.29, 1.82) is 0 Å². The molecule has 0 bridgehead atoms. The molecule has 0 fully saturated rings. The Labute approximate surface area is 122 Å². The van der Waals surface area contributed by atoms with Crippen LogP contribution in [0.4, 0.5) is 4.39 Å². The van der Waals surface area contributed by atoms with Crippen molar-refractivity contribution in [3.63, 3.8) is 0 Å². The monoisotopic (exact) mass is 329 g/mol. The molecule has 0 heterocycles. The topological polar surface area (TPSA) is 29.1 Å². The molecule has 0 aliphatic rings. The number of amides is 1. The van der Waals surface area contributed by atoms with Crippen molar-refractivity contribution in [3.8, 4) is 0 Å². The van der Waals surface area contributed by atoms with Gasteiger partial charge in [0.25, 0.3) is 0 Å². The molecule has 0 spiro atoms. The number of carbonyl (C=O) groups is 1. The third-order valence-electron chi connectivity index (χ3n) is 3.03. The van der Waals surface area contributed by atoms with E-state index < -0.39 is 0 Å². The van der Waals surface area contributed by atoms with Gasteiger partial charge in [-0.2, -0.15) is 0 Å². The zero-order valence-corrected chi connectivity index (χ0v) is 13.4. The SMILES string of the molecule is CC(C)C(Br)C(=O)NC(c1ccc(F)cc1)C(C)C. The van der Waals surface area contributed by atoms with E-state index in [-0.39, 0.29) is 34.4 Å². The Morgan fingerprint density at radius 2 is 1.63 bits per heavy atom. The van der Waals surface area contributed by atoms with Gasteiger partial charge in [0.1, 0.15) is 5.82 Å². The predicted molar refractivity (Wildman–Crippen MR) is 79.7 cm³/mol. The first-order valence-corrected chi connectivity index (χ1v) is 7.44. The number of rotatable bonds is 5. The van der Waals surface area contributed by atoms with Crippen LogP contribution >= 0.6 is 15.9 Å². The number of nitrogens with one attached hydrogen (secondary N) is 1. The highest BCUT2D eigenvalue weighted by atomic mass is 79.9. The van der Waals surface area contributed by atoms with Crippen LogP contribution in [0.3, 0.4) is 0 Å². The Hall–Kier alpha value is -0.900. The first-order valence-electron chi connectivity index (χ1n) is 6.52. The minimum atomic E-state index is -0.266. The summed E-state index contributed by atoms with van der Waals surface area (Å²) in [7, 11) is 0. The first-order chi connectivity index (χ1) is 8.82. The van der Waals surface area contributed by atoms with Crippen molar-refractivity contribution < 1.29 is 9.18 Å². The van der Waals surface area contributed by atoms with Gasteiger partial charge in [0.05, 0.1) is 10.9 Å². The van der Waals surface area contributed by atoms with E-state index in [1.165, 1.54) is 12.1 Å². The maximum absolute atomic E-state index is 13.0. The predicted octanol–water partition coefficient (Wildman–Crippen LogP) is 4.06. The average Bonchev–Trinajstić information content (AvgIpc) is 2.35. The number of carbonyl (C=O) groups excluding carboxylic acids is 1. The van der Waals surface area contributed by atoms with Gasteiger partial charge in [0.15, 0.2) is 0 Å². The Bertz CT molecular complexity index is 417. The average molecular weight is 330 g/mol. The van der Waals surface area contributed by atoms with Gasteiger partial charge < -0.3 is 5.32 Å². The highest BCUT2D eigenvalue weighted by molar-refractivity contribution is 9.10. The fourth-order valence-corrected chi connectivity index (χ4v) is 1.97. The maximum Gasteiger partial charge on any atom is 0.234 e. The van der Waals surface area contributed by atoms with E-state index in [1.54, 1.807) is 12.1 Å². The minimum absolute atomic E-state index is 0.0296. The quantitative estimate of drug-likeness (QED) is 0.811. The first kappa shape index (κ1) is 16.2. The van der Waals surface area contributed by atoms with E-state index in [2.05, 4.69) is 21.2 Å². The molecule has 0 saturated heterocycles. The van der Waals surface area contributed by atoms with Gasteiger partial charge in [0, 0.05) is 0 Å². The summed E-state index contributed by atoms with van der Waals surface area (Å²) in [6.07, 6.45) is 0. The van der Waals surface area contributed by atoms with Gasteiger partial charge in [-0.3, -0.25) is 4.79 Å². The molecule has 106 valence electrons. The Kier molecular flexibility index (Phi) is 5.98. The molecule has 19 heavy (non-hydrogen) atoms. The van der Waals surface area contributed by atoms with E-state index >= 15 is 0 Å². The fourth-order valence-electron chi connectivity index (χ4n) is 1.84. The minimum Gasteiger partial charge on any atom is -0.348 e. The van der Waals surface area contributed by atoms with Gasteiger partial charge >= 0.3 is 0 Å². The lowest BCUT2D eigenvalue weighted by atomic mass is 9.95. The summed E-state index contributed by atoms with van der Waals surface area (Å²) in [6, 6.07) is 6.18. The second-order valence-corrected chi connectivity index (χ2v) is 6.41. The Balaban J connectivity index is 2.85. The summed E-state index contributed by atoms with van der Waals surface area (Å²) in [5, 5.41) is 3.03. The molecule has 0 aromatic heterocycles. The standard InChI is InChI=1S/C15H21BrFNO/c1-9(2)13(16)15(19)18-14(10(3)4)11-5-7-12(17)8-6-11/h5-10,13-14H,1-4H3,(H,18,19). The van der Waals surface area contributed by atoms with Crippen LogP contribution < -0.4 is 5.32 Å². The molecule has 1 rings (SSSR count). The van der Waals surface area contributed by atoms with Gasteiger partial charge in [0.2, 0.25) is 5.91 Å². The lowest BCUT2D eigenvalue weighted by molar-refractivity contribution is -0.122. The summed E-state index contributed by atoms with van der Waals surface area (Å²) >= 11 is 3.40. The van der Waals surface area contributed by atoms with E-state index in [0.29, 0.717) is 0 Å². The highest BCUT2D eigenvalue weighted by Gasteiger charge is 2.24. The Morgan fingerprint density at radius 1 is 1.11 bits per heavy atom. The van der Waals surface area contributed by atoms with Gasteiger partial charge in [-0.15, -0.1) is 0 Å². The molecular formula is C15H21BrFNO. The molecule has 0 radical (unpaired) electrons. The number of benzene rings is 1. The van der Waals surface area contributed by atoms with E-state index in [4.69, 9.17) is 0 Å². The normalized spacial score (nSPS) is 14.5. The van der Waals surface area contributed by atoms with Crippen LogP contribution in [0.5, 0.6) is 0 Å². The number of alkyl halides is 1. The van der Waals surface area contributed by atoms with Crippen molar-refractivity contribution in [1.82, 2.24) is 5.32 Å². The summed E-state index contributed by atoms with van der Waals surface area (Å²) < 4.78 is 13.0. The van der Waals surface area contributed by atoms with Crippen molar-refractivity contribution in [2.75, 3.05) is 0 Å². The maximum atomic E-state index is 13.0. The third-order valence-corrected chi connectivity index (χ3v) is 4.50. The van der Waals surface area contributed by atoms with Crippen molar-refractivity contribution >= 4 is 21.8 Å². The largest absolute Gasteiger partial charge is 0.348 e. The van der Waals surface area contributed by atoms with Gasteiger partial charge in [-0.05, 0) is 29.5 Å². The van der Waals surface area contributed by atoms with E-state index in [9.17, 15) is 9.18 Å². The van der Waals surface area contributed by atoms with Crippen LogP contribution in [0.15, 0.2) is 24.3 Å². The molecule has 0 saturated carbocycles. The second kappa shape index (κ2) is 7.04. The molecule has 1 aromatic carbocycles. The number of halogens is 2. The third kappa shape index (κ3) is 4.60. The zero-order chi connectivity index (χ0) is 14.6. The molecule has 2 atom stereocenters. The fraction of sp³-hybridized carbons (Fsp3) is 0.533. The van der Waals surface area contributed by atoms with Crippen LogP contribution in [0.25, 0.3) is 0 Å². The van der Waals surface area contributed by atoms with Crippen LogP contribution in [0, 0.1) is 17.7 Å². The summed E-state index contributed by atoms with van der Waals surface area (Å²) in [5.74, 6) is 0.165. The van der Waals surface area contributed by atoms with Crippen molar-refractivity contribution in [2.24, 2.45) is 11.8 Å². The molecule has 0 aliphatic carbocycles. The summed E-state index contributed by atoms with van der Waals surface area (Å²) in [5.41, 5.74) is 0.924. The summed E-state index contributed by atoms with van der Waals surface area (Å²) in [4.78, 5) is 11.9. The van der Waals surface area contributed by atoms with Gasteiger partial charge in [-0.1, -0.05) is 55.8 Å².